The van der Waals surface area contributed by atoms with Crippen LogP contribution in [0.5, 0.6) is 0 Å². The van der Waals surface area contributed by atoms with Crippen LogP contribution in [0.1, 0.15) is 50.3 Å². The average Bonchev–Trinajstić information content (AvgIpc) is 3.46. The zero-order chi connectivity index (χ0) is 22.2. The molecule has 0 bridgehead atoms. The van der Waals surface area contributed by atoms with Crippen molar-refractivity contribution in [3.05, 3.63) is 102 Å². The monoisotopic (exact) mass is 438 g/mol. The summed E-state index contributed by atoms with van der Waals surface area (Å²) in [4.78, 5) is 6.89. The first-order valence-corrected chi connectivity index (χ1v) is 14.0. The van der Waals surface area contributed by atoms with Gasteiger partial charge in [0.2, 0.25) is 8.24 Å². The smallest absolute Gasteiger partial charge is 0.201 e. The molecule has 0 radical (unpaired) electrons. The van der Waals surface area contributed by atoms with Crippen LogP contribution >= 0.6 is 0 Å². The van der Waals surface area contributed by atoms with E-state index in [2.05, 4.69) is 122 Å². The molecule has 3 heteroatoms. The summed E-state index contributed by atoms with van der Waals surface area (Å²) in [7, 11) is -2.45. The lowest BCUT2D eigenvalue weighted by Gasteiger charge is -2.43. The van der Waals surface area contributed by atoms with Gasteiger partial charge in [0.1, 0.15) is 0 Å². The number of nitrogens with zero attached hydrogens (tertiary/aromatic N) is 1. The maximum absolute atomic E-state index is 4.27. The predicted molar refractivity (Wildman–Crippen MR) is 139 cm³/mol. The van der Waals surface area contributed by atoms with E-state index in [-0.39, 0.29) is 5.54 Å². The fraction of sp³-hybridized carbons (Fsp3) is 0.310. The summed E-state index contributed by atoms with van der Waals surface area (Å²) in [5.41, 5.74) is 4.67. The summed E-state index contributed by atoms with van der Waals surface area (Å²) >= 11 is 0. The first-order valence-electron chi connectivity index (χ1n) is 12.0. The van der Waals surface area contributed by atoms with E-state index in [0.717, 1.165) is 0 Å². The number of hydrogen-bond donors (Lipinski definition) is 1. The number of benzene rings is 3. The molecule has 1 heterocycles. The Morgan fingerprint density at radius 2 is 1.28 bits per heavy atom. The number of fused-ring (bicyclic) bond motifs is 1. The van der Waals surface area contributed by atoms with Gasteiger partial charge >= 0.3 is 0 Å². The van der Waals surface area contributed by atoms with Crippen molar-refractivity contribution in [2.24, 2.45) is 0 Å². The van der Waals surface area contributed by atoms with Gasteiger partial charge in [-0.2, -0.15) is 0 Å². The van der Waals surface area contributed by atoms with Gasteiger partial charge < -0.3 is 9.88 Å². The van der Waals surface area contributed by atoms with E-state index in [9.17, 15) is 0 Å². The minimum Gasteiger partial charge on any atom is -0.371 e. The summed E-state index contributed by atoms with van der Waals surface area (Å²) in [5.74, 6) is 0. The van der Waals surface area contributed by atoms with Crippen LogP contribution in [0.4, 0.5) is 0 Å². The third kappa shape index (κ3) is 3.74. The molecule has 1 atom stereocenters. The molecule has 2 aliphatic rings. The van der Waals surface area contributed by atoms with Gasteiger partial charge in [-0.3, -0.25) is 0 Å². The molecule has 1 N–H and O–H groups in total. The van der Waals surface area contributed by atoms with Crippen molar-refractivity contribution in [1.82, 2.24) is 9.88 Å². The Balaban J connectivity index is 1.79. The molecule has 5 rings (SSSR count). The zero-order valence-electron chi connectivity index (χ0n) is 19.5. The molecule has 3 aromatic carbocycles. The van der Waals surface area contributed by atoms with Crippen molar-refractivity contribution >= 4 is 24.3 Å². The normalized spacial score (nSPS) is 18.5. The van der Waals surface area contributed by atoms with E-state index in [1.54, 1.807) is 0 Å². The molecule has 0 spiro atoms. The maximum Gasteiger partial charge on any atom is 0.201 e. The summed E-state index contributed by atoms with van der Waals surface area (Å²) in [6.07, 6.45) is 5.20. The topological polar surface area (TPSA) is 15.3 Å². The van der Waals surface area contributed by atoms with Crippen molar-refractivity contribution in [2.45, 2.75) is 44.7 Å². The Hall–Kier alpha value is -2.62. The molecule has 164 valence electrons. The predicted octanol–water partition coefficient (Wildman–Crippen LogP) is 4.91. The minimum atomic E-state index is -2.45. The van der Waals surface area contributed by atoms with E-state index in [1.807, 2.05) is 0 Å². The van der Waals surface area contributed by atoms with E-state index < -0.39 is 8.24 Å². The quantitative estimate of drug-likeness (QED) is 0.570. The average molecular weight is 439 g/mol. The minimum absolute atomic E-state index is 0.0168. The van der Waals surface area contributed by atoms with E-state index in [0.29, 0.717) is 5.54 Å². The van der Waals surface area contributed by atoms with Gasteiger partial charge in [0.05, 0.1) is 0 Å². The number of likely N-dealkylation sites (tertiary alicyclic amines) is 1. The summed E-state index contributed by atoms with van der Waals surface area (Å²) in [6.45, 7) is 9.28. The van der Waals surface area contributed by atoms with Crippen LogP contribution in [-0.4, -0.2) is 31.8 Å². The lowest BCUT2D eigenvalue weighted by atomic mass is 10.1. The second kappa shape index (κ2) is 8.38. The van der Waals surface area contributed by atoms with Crippen LogP contribution in [0.3, 0.4) is 0 Å². The van der Waals surface area contributed by atoms with Gasteiger partial charge in [-0.25, -0.2) is 0 Å². The molecule has 3 aromatic rings. The SMILES string of the molecule is CC(C)(C)N[Si](c1ccccc1)(c1ccccc1)C1C=C(N2CCCC2)c2ccccc21. The molecule has 0 saturated carbocycles. The van der Waals surface area contributed by atoms with Crippen molar-refractivity contribution in [1.29, 1.82) is 0 Å². The Morgan fingerprint density at radius 3 is 1.84 bits per heavy atom. The second-order valence-corrected chi connectivity index (χ2v) is 13.9. The van der Waals surface area contributed by atoms with Crippen LogP contribution in [0.25, 0.3) is 5.70 Å². The largest absolute Gasteiger partial charge is 0.371 e. The molecular formula is C29H34N2Si. The lowest BCUT2D eigenvalue weighted by Crippen LogP contribution is -2.75. The number of nitrogens with one attached hydrogen (secondary N) is 1. The Bertz CT molecular complexity index is 1050. The molecule has 0 amide bonds. The molecular weight excluding hydrogens is 404 g/mol. The molecule has 0 aromatic heterocycles. The van der Waals surface area contributed by atoms with E-state index in [1.165, 1.54) is 53.1 Å². The van der Waals surface area contributed by atoms with Gasteiger partial charge in [0.15, 0.2) is 0 Å². The van der Waals surface area contributed by atoms with Crippen LogP contribution in [0, 0.1) is 0 Å². The summed E-state index contributed by atoms with van der Waals surface area (Å²) < 4.78 is 0. The number of hydrogen-bond acceptors (Lipinski definition) is 2. The fourth-order valence-electron chi connectivity index (χ4n) is 5.67. The van der Waals surface area contributed by atoms with Gasteiger partial charge in [0.25, 0.3) is 0 Å². The van der Waals surface area contributed by atoms with Crippen LogP contribution in [0.15, 0.2) is 91.0 Å². The lowest BCUT2D eigenvalue weighted by molar-refractivity contribution is 0.493. The summed E-state index contributed by atoms with van der Waals surface area (Å²) in [6, 6.07) is 31.6. The standard InChI is InChI=1S/C29H34N2Si/c1-29(2,3)30-32(23-14-6-4-7-15-23,24-16-8-5-9-17-24)28-22-27(31-20-12-13-21-31)25-18-10-11-19-26(25)28/h4-11,14-19,22,28,30H,12-13,20-21H2,1-3H3. The first kappa shape index (κ1) is 21.2. The summed E-state index contributed by atoms with van der Waals surface area (Å²) in [5, 5.41) is 2.89. The number of rotatable bonds is 5. The van der Waals surface area contributed by atoms with E-state index >= 15 is 0 Å². The molecule has 1 aliphatic carbocycles. The fourth-order valence-corrected chi connectivity index (χ4v) is 10.9. The molecule has 1 aliphatic heterocycles. The second-order valence-electron chi connectivity index (χ2n) is 10.2. The van der Waals surface area contributed by atoms with Crippen LogP contribution in [0.2, 0.25) is 0 Å². The highest BCUT2D eigenvalue weighted by Gasteiger charge is 2.50. The van der Waals surface area contributed by atoms with Crippen molar-refractivity contribution in [3.8, 4) is 0 Å². The molecule has 2 nitrogen and oxygen atoms in total. The van der Waals surface area contributed by atoms with E-state index in [4.69, 9.17) is 0 Å². The van der Waals surface area contributed by atoms with Gasteiger partial charge in [-0.1, -0.05) is 91.0 Å². The molecule has 32 heavy (non-hydrogen) atoms. The highest BCUT2D eigenvalue weighted by Crippen LogP contribution is 2.43. The molecule has 1 fully saturated rings. The van der Waals surface area contributed by atoms with Crippen molar-refractivity contribution in [3.63, 3.8) is 0 Å². The van der Waals surface area contributed by atoms with Gasteiger partial charge in [-0.05, 0) is 49.5 Å². The zero-order valence-corrected chi connectivity index (χ0v) is 20.5. The third-order valence-electron chi connectivity index (χ3n) is 6.84. The number of allylic oxidation sites excluding steroid dienone is 1. The van der Waals surface area contributed by atoms with Crippen molar-refractivity contribution < 1.29 is 0 Å². The Labute approximate surface area is 194 Å². The molecule has 1 unspecified atom stereocenters. The Morgan fingerprint density at radius 1 is 0.750 bits per heavy atom. The van der Waals surface area contributed by atoms with Gasteiger partial charge in [-0.15, -0.1) is 0 Å². The highest BCUT2D eigenvalue weighted by molar-refractivity contribution is 7.02. The van der Waals surface area contributed by atoms with Crippen molar-refractivity contribution in [2.75, 3.05) is 13.1 Å². The molecule has 1 saturated heterocycles. The highest BCUT2D eigenvalue weighted by atomic mass is 28.3. The maximum atomic E-state index is 4.27. The Kier molecular flexibility index (Phi) is 5.56. The third-order valence-corrected chi connectivity index (χ3v) is 11.9. The van der Waals surface area contributed by atoms with Crippen LogP contribution in [-0.2, 0) is 0 Å². The van der Waals surface area contributed by atoms with Crippen LogP contribution < -0.4 is 15.4 Å². The van der Waals surface area contributed by atoms with Gasteiger partial charge in [0, 0.05) is 35.4 Å². The first-order chi connectivity index (χ1) is 15.5.